The van der Waals surface area contributed by atoms with Crippen LogP contribution in [0.2, 0.25) is 10.0 Å². The van der Waals surface area contributed by atoms with Gasteiger partial charge in [0.2, 0.25) is 5.91 Å². The zero-order valence-electron chi connectivity index (χ0n) is 18.4. The number of amides is 1. The molecule has 0 unspecified atom stereocenters. The number of alkyl halides is 3. The highest BCUT2D eigenvalue weighted by Crippen LogP contribution is 2.40. The number of carbonyl (C=O) groups is 1. The Kier molecular flexibility index (Phi) is 6.41. The topological polar surface area (TPSA) is 48.0 Å². The quantitative estimate of drug-likeness (QED) is 0.226. The lowest BCUT2D eigenvalue weighted by Gasteiger charge is -2.11. The van der Waals surface area contributed by atoms with Crippen molar-refractivity contribution in [2.45, 2.75) is 16.9 Å². The highest BCUT2D eigenvalue weighted by molar-refractivity contribution is 8.00. The minimum atomic E-state index is -4.36. The molecular formula is C27H16Cl2F3N2OS. The van der Waals surface area contributed by atoms with E-state index in [1.165, 1.54) is 12.1 Å². The van der Waals surface area contributed by atoms with E-state index < -0.39 is 11.4 Å². The van der Waals surface area contributed by atoms with Gasteiger partial charge in [0.25, 0.3) is 0 Å². The van der Waals surface area contributed by atoms with Crippen LogP contribution in [0.1, 0.15) is 15.9 Å². The lowest BCUT2D eigenvalue weighted by atomic mass is 10.0. The van der Waals surface area contributed by atoms with Crippen molar-refractivity contribution in [3.63, 3.8) is 0 Å². The van der Waals surface area contributed by atoms with Crippen LogP contribution in [0.25, 0.3) is 32.9 Å². The van der Waals surface area contributed by atoms with Crippen molar-refractivity contribution in [1.82, 2.24) is 4.57 Å². The van der Waals surface area contributed by atoms with Crippen molar-refractivity contribution in [2.24, 2.45) is 5.73 Å². The van der Waals surface area contributed by atoms with Gasteiger partial charge in [-0.1, -0.05) is 47.5 Å². The molecule has 0 atom stereocenters. The van der Waals surface area contributed by atoms with E-state index in [1.807, 2.05) is 16.7 Å². The maximum Gasteiger partial charge on any atom is 0.446 e. The summed E-state index contributed by atoms with van der Waals surface area (Å²) in [5.41, 5.74) is 5.33. The number of nitrogens with zero attached hydrogens (tertiary/aromatic N) is 1. The van der Waals surface area contributed by atoms with Gasteiger partial charge in [-0.15, -0.1) is 0 Å². The van der Waals surface area contributed by atoms with Crippen molar-refractivity contribution in [3.05, 3.63) is 100 Å². The molecule has 1 amide bonds. The SMILES string of the molecule is NC(=O)c1cccc2c1c1[c]cc(-c3c(Cl)cccc3Cl)cc1n2Cc1ccc(SC(F)(F)F)cc1. The normalized spacial score (nSPS) is 11.9. The smallest absolute Gasteiger partial charge is 0.366 e. The van der Waals surface area contributed by atoms with Gasteiger partial charge in [0, 0.05) is 43.4 Å². The number of hydrogen-bond acceptors (Lipinski definition) is 2. The van der Waals surface area contributed by atoms with Crippen LogP contribution in [0.4, 0.5) is 13.2 Å². The van der Waals surface area contributed by atoms with E-state index in [2.05, 4.69) is 6.07 Å². The van der Waals surface area contributed by atoms with Gasteiger partial charge >= 0.3 is 5.51 Å². The van der Waals surface area contributed by atoms with Crippen molar-refractivity contribution in [3.8, 4) is 11.1 Å². The first-order chi connectivity index (χ1) is 17.1. The maximum atomic E-state index is 12.7. The Morgan fingerprint density at radius 1 is 0.972 bits per heavy atom. The molecule has 36 heavy (non-hydrogen) atoms. The number of carbonyl (C=O) groups excluding carboxylic acids is 1. The van der Waals surface area contributed by atoms with Crippen molar-refractivity contribution in [1.29, 1.82) is 0 Å². The van der Waals surface area contributed by atoms with E-state index in [1.54, 1.807) is 48.5 Å². The molecule has 3 nitrogen and oxygen atoms in total. The summed E-state index contributed by atoms with van der Waals surface area (Å²) in [4.78, 5) is 12.3. The number of aromatic nitrogens is 1. The highest BCUT2D eigenvalue weighted by atomic mass is 35.5. The lowest BCUT2D eigenvalue weighted by molar-refractivity contribution is -0.0328. The van der Waals surface area contributed by atoms with Crippen LogP contribution in [0.3, 0.4) is 0 Å². The molecule has 1 heterocycles. The van der Waals surface area contributed by atoms with Crippen LogP contribution in [0.5, 0.6) is 0 Å². The first-order valence-electron chi connectivity index (χ1n) is 10.7. The molecule has 4 aromatic carbocycles. The van der Waals surface area contributed by atoms with Gasteiger partial charge in [-0.2, -0.15) is 13.2 Å². The van der Waals surface area contributed by atoms with E-state index in [9.17, 15) is 18.0 Å². The number of thioether (sulfide) groups is 1. The molecule has 1 aromatic heterocycles. The van der Waals surface area contributed by atoms with Gasteiger partial charge in [0.05, 0.1) is 11.0 Å². The summed E-state index contributed by atoms with van der Waals surface area (Å²) in [6, 6.07) is 23.7. The van der Waals surface area contributed by atoms with Gasteiger partial charge in [0.1, 0.15) is 0 Å². The summed E-state index contributed by atoms with van der Waals surface area (Å²) in [7, 11) is 0. The third kappa shape index (κ3) is 4.66. The van der Waals surface area contributed by atoms with Crippen molar-refractivity contribution < 1.29 is 18.0 Å². The Morgan fingerprint density at radius 2 is 1.64 bits per heavy atom. The molecule has 2 N–H and O–H groups in total. The van der Waals surface area contributed by atoms with E-state index in [4.69, 9.17) is 28.9 Å². The number of rotatable bonds is 5. The highest BCUT2D eigenvalue weighted by Gasteiger charge is 2.29. The number of fused-ring (bicyclic) bond motifs is 3. The van der Waals surface area contributed by atoms with Crippen molar-refractivity contribution in [2.75, 3.05) is 0 Å². The fourth-order valence-electron chi connectivity index (χ4n) is 4.33. The van der Waals surface area contributed by atoms with Gasteiger partial charge in [0.15, 0.2) is 0 Å². The Labute approximate surface area is 218 Å². The molecule has 0 aliphatic rings. The Bertz CT molecular complexity index is 1610. The van der Waals surface area contributed by atoms with E-state index in [0.29, 0.717) is 38.5 Å². The average molecular weight is 544 g/mol. The molecule has 181 valence electrons. The molecule has 5 rings (SSSR count). The van der Waals surface area contributed by atoms with Crippen LogP contribution in [-0.4, -0.2) is 16.0 Å². The number of halogens is 5. The van der Waals surface area contributed by atoms with Gasteiger partial charge in [-0.25, -0.2) is 0 Å². The molecule has 0 saturated carbocycles. The first kappa shape index (κ1) is 24.6. The molecule has 5 aromatic rings. The van der Waals surface area contributed by atoms with Gasteiger partial charge in [-0.05, 0) is 77.5 Å². The van der Waals surface area contributed by atoms with Crippen molar-refractivity contribution >= 4 is 62.7 Å². The maximum absolute atomic E-state index is 12.7. The third-order valence-corrected chi connectivity index (χ3v) is 7.18. The summed E-state index contributed by atoms with van der Waals surface area (Å²) in [5, 5.41) is 2.30. The van der Waals surface area contributed by atoms with Crippen LogP contribution >= 0.6 is 35.0 Å². The third-order valence-electron chi connectivity index (χ3n) is 5.81. The molecule has 0 bridgehead atoms. The van der Waals surface area contributed by atoms with Crippen LogP contribution in [0, 0.1) is 6.07 Å². The molecule has 0 aliphatic heterocycles. The monoisotopic (exact) mass is 543 g/mol. The molecule has 0 spiro atoms. The lowest BCUT2D eigenvalue weighted by Crippen LogP contribution is -2.11. The average Bonchev–Trinajstić information content (AvgIpc) is 3.12. The number of primary amides is 1. The predicted octanol–water partition coefficient (Wildman–Crippen LogP) is 8.33. The molecular weight excluding hydrogens is 528 g/mol. The number of hydrogen-bond donors (Lipinski definition) is 1. The Hall–Kier alpha value is -3.13. The van der Waals surface area contributed by atoms with E-state index in [-0.39, 0.29) is 16.7 Å². The predicted molar refractivity (Wildman–Crippen MR) is 140 cm³/mol. The molecule has 1 radical (unpaired) electrons. The fraction of sp³-hybridized carbons (Fsp3) is 0.0741. The summed E-state index contributed by atoms with van der Waals surface area (Å²) >= 11 is 12.7. The second-order valence-electron chi connectivity index (χ2n) is 8.09. The zero-order chi connectivity index (χ0) is 25.6. The largest absolute Gasteiger partial charge is 0.446 e. The molecule has 0 saturated heterocycles. The minimum absolute atomic E-state index is 0.105. The molecule has 0 fully saturated rings. The van der Waals surface area contributed by atoms with Crippen LogP contribution < -0.4 is 5.73 Å². The zero-order valence-corrected chi connectivity index (χ0v) is 20.7. The van der Waals surface area contributed by atoms with Crippen LogP contribution in [-0.2, 0) is 6.54 Å². The second-order valence-corrected chi connectivity index (χ2v) is 10.0. The van der Waals surface area contributed by atoms with Crippen LogP contribution in [0.15, 0.2) is 77.7 Å². The number of benzene rings is 4. The summed E-state index contributed by atoms with van der Waals surface area (Å²) < 4.78 is 40.2. The minimum Gasteiger partial charge on any atom is -0.366 e. The molecule has 9 heteroatoms. The fourth-order valence-corrected chi connectivity index (χ4v) is 5.48. The van der Waals surface area contributed by atoms with E-state index >= 15 is 0 Å². The van der Waals surface area contributed by atoms with Gasteiger partial charge in [-0.3, -0.25) is 4.79 Å². The first-order valence-corrected chi connectivity index (χ1v) is 12.2. The number of nitrogens with two attached hydrogens (primary N) is 1. The summed E-state index contributed by atoms with van der Waals surface area (Å²) in [5.74, 6) is -0.570. The molecule has 0 aliphatic carbocycles. The second kappa shape index (κ2) is 9.39. The van der Waals surface area contributed by atoms with E-state index in [0.717, 1.165) is 22.2 Å². The Balaban J connectivity index is 1.70. The van der Waals surface area contributed by atoms with Gasteiger partial charge < -0.3 is 10.3 Å². The summed E-state index contributed by atoms with van der Waals surface area (Å²) in [6.45, 7) is 0.340. The summed E-state index contributed by atoms with van der Waals surface area (Å²) in [6.07, 6.45) is 0. The standard InChI is InChI=1S/C27H16Cl2F3N2OS/c28-20-4-2-5-21(29)24(20)16-9-12-18-23(13-16)34(22-6-1-3-19(25(18)22)26(33)35)14-15-7-10-17(11-8-15)36-27(30,31)32/h1-11,13H,14H2,(H2,33,35). The Morgan fingerprint density at radius 3 is 2.28 bits per heavy atom.